The summed E-state index contributed by atoms with van der Waals surface area (Å²) < 4.78 is 0. The zero-order valence-corrected chi connectivity index (χ0v) is 6.28. The molecule has 0 aromatic heterocycles. The second kappa shape index (κ2) is 2.16. The van der Waals surface area contributed by atoms with Gasteiger partial charge in [-0.05, 0) is 5.57 Å². The Kier molecular flexibility index (Phi) is 1.31. The molecule has 0 spiro atoms. The molecule has 0 aliphatic carbocycles. The number of rotatable bonds is 0. The highest BCUT2D eigenvalue weighted by Crippen LogP contribution is 2.12. The van der Waals surface area contributed by atoms with Crippen LogP contribution in [-0.4, -0.2) is 38.1 Å². The van der Waals surface area contributed by atoms with Crippen molar-refractivity contribution in [3.63, 3.8) is 0 Å². The summed E-state index contributed by atoms with van der Waals surface area (Å²) >= 11 is 0. The maximum Gasteiger partial charge on any atom is 0.103 e. The standard InChI is InChI=1S/C7H13N3/c1-10-3-2-9-7(10)6-4-8-5-6/h8-9H,2-5H2,1H3. The van der Waals surface area contributed by atoms with E-state index >= 15 is 0 Å². The molecular formula is C7H13N3. The molecule has 0 radical (unpaired) electrons. The van der Waals surface area contributed by atoms with E-state index in [0.717, 1.165) is 26.2 Å². The molecule has 2 fully saturated rings. The van der Waals surface area contributed by atoms with Gasteiger partial charge in [0.2, 0.25) is 0 Å². The molecule has 2 aliphatic rings. The van der Waals surface area contributed by atoms with Gasteiger partial charge in [0, 0.05) is 33.2 Å². The van der Waals surface area contributed by atoms with E-state index in [2.05, 4.69) is 22.6 Å². The molecule has 0 unspecified atom stereocenters. The minimum Gasteiger partial charge on any atom is -0.370 e. The first kappa shape index (κ1) is 6.04. The highest BCUT2D eigenvalue weighted by molar-refractivity contribution is 5.22. The van der Waals surface area contributed by atoms with Crippen molar-refractivity contribution in [3.05, 3.63) is 11.4 Å². The molecule has 0 amide bonds. The van der Waals surface area contributed by atoms with E-state index < -0.39 is 0 Å². The fourth-order valence-corrected chi connectivity index (χ4v) is 1.40. The third-order valence-corrected chi connectivity index (χ3v) is 2.13. The lowest BCUT2D eigenvalue weighted by Gasteiger charge is -2.24. The molecular weight excluding hydrogens is 126 g/mol. The SMILES string of the molecule is CN1CCNC1=C1CNC1. The van der Waals surface area contributed by atoms with Crippen molar-refractivity contribution in [3.8, 4) is 0 Å². The van der Waals surface area contributed by atoms with E-state index in [1.54, 1.807) is 0 Å². The Labute approximate surface area is 61.1 Å². The van der Waals surface area contributed by atoms with E-state index in [1.165, 1.54) is 11.4 Å². The molecule has 10 heavy (non-hydrogen) atoms. The Hall–Kier alpha value is -0.700. The first-order valence-corrected chi connectivity index (χ1v) is 3.75. The third kappa shape index (κ3) is 0.778. The molecule has 3 nitrogen and oxygen atoms in total. The molecule has 0 bridgehead atoms. The molecule has 2 aliphatic heterocycles. The fourth-order valence-electron chi connectivity index (χ4n) is 1.40. The first-order chi connectivity index (χ1) is 4.88. The number of hydrogen-bond acceptors (Lipinski definition) is 3. The molecule has 0 atom stereocenters. The van der Waals surface area contributed by atoms with Crippen LogP contribution in [0.2, 0.25) is 0 Å². The molecule has 2 saturated heterocycles. The van der Waals surface area contributed by atoms with Crippen molar-refractivity contribution in [1.82, 2.24) is 15.5 Å². The van der Waals surface area contributed by atoms with Crippen molar-refractivity contribution in [2.45, 2.75) is 0 Å². The molecule has 0 saturated carbocycles. The number of nitrogens with zero attached hydrogens (tertiary/aromatic N) is 1. The van der Waals surface area contributed by atoms with E-state index in [-0.39, 0.29) is 0 Å². The van der Waals surface area contributed by atoms with Gasteiger partial charge in [0.15, 0.2) is 0 Å². The van der Waals surface area contributed by atoms with Gasteiger partial charge in [-0.3, -0.25) is 0 Å². The average Bonchev–Trinajstić information content (AvgIpc) is 2.12. The zero-order chi connectivity index (χ0) is 6.97. The fraction of sp³-hybridized carbons (Fsp3) is 0.714. The molecule has 2 rings (SSSR count). The molecule has 3 heteroatoms. The predicted octanol–water partition coefficient (Wildman–Crippen LogP) is -0.664. The Morgan fingerprint density at radius 2 is 2.20 bits per heavy atom. The largest absolute Gasteiger partial charge is 0.370 e. The molecule has 2 heterocycles. The van der Waals surface area contributed by atoms with Gasteiger partial charge in [-0.1, -0.05) is 0 Å². The predicted molar refractivity (Wildman–Crippen MR) is 40.5 cm³/mol. The van der Waals surface area contributed by atoms with Crippen molar-refractivity contribution in [2.75, 3.05) is 33.2 Å². The van der Waals surface area contributed by atoms with E-state index in [4.69, 9.17) is 0 Å². The Balaban J connectivity index is 2.14. The van der Waals surface area contributed by atoms with E-state index in [9.17, 15) is 0 Å². The van der Waals surface area contributed by atoms with Gasteiger partial charge < -0.3 is 15.5 Å². The smallest absolute Gasteiger partial charge is 0.103 e. The van der Waals surface area contributed by atoms with Crippen molar-refractivity contribution >= 4 is 0 Å². The lowest BCUT2D eigenvalue weighted by atomic mass is 10.1. The van der Waals surface area contributed by atoms with Crippen LogP contribution in [0, 0.1) is 0 Å². The summed E-state index contributed by atoms with van der Waals surface area (Å²) in [5.74, 6) is 1.36. The number of nitrogens with one attached hydrogen (secondary N) is 2. The molecule has 56 valence electrons. The number of likely N-dealkylation sites (N-methyl/N-ethyl adjacent to an activating group) is 1. The minimum absolute atomic E-state index is 1.08. The molecule has 0 aromatic carbocycles. The van der Waals surface area contributed by atoms with Gasteiger partial charge in [-0.25, -0.2) is 0 Å². The van der Waals surface area contributed by atoms with Gasteiger partial charge in [-0.2, -0.15) is 0 Å². The van der Waals surface area contributed by atoms with Crippen LogP contribution in [0.5, 0.6) is 0 Å². The summed E-state index contributed by atoms with van der Waals surface area (Å²) in [5.41, 5.74) is 1.53. The topological polar surface area (TPSA) is 27.3 Å². The average molecular weight is 139 g/mol. The Bertz CT molecular complexity index is 168. The van der Waals surface area contributed by atoms with Crippen LogP contribution in [0.4, 0.5) is 0 Å². The summed E-state index contributed by atoms with van der Waals surface area (Å²) in [7, 11) is 2.14. The van der Waals surface area contributed by atoms with Crippen LogP contribution < -0.4 is 10.6 Å². The quantitative estimate of drug-likeness (QED) is 0.466. The molecule has 2 N–H and O–H groups in total. The highest BCUT2D eigenvalue weighted by Gasteiger charge is 2.19. The summed E-state index contributed by atoms with van der Waals surface area (Å²) in [6.45, 7) is 4.41. The highest BCUT2D eigenvalue weighted by atomic mass is 15.3. The first-order valence-electron chi connectivity index (χ1n) is 3.75. The van der Waals surface area contributed by atoms with Crippen LogP contribution in [-0.2, 0) is 0 Å². The van der Waals surface area contributed by atoms with Crippen LogP contribution >= 0.6 is 0 Å². The monoisotopic (exact) mass is 139 g/mol. The van der Waals surface area contributed by atoms with Crippen molar-refractivity contribution in [2.24, 2.45) is 0 Å². The lowest BCUT2D eigenvalue weighted by molar-refractivity contribution is 0.463. The zero-order valence-electron chi connectivity index (χ0n) is 6.28. The van der Waals surface area contributed by atoms with Gasteiger partial charge >= 0.3 is 0 Å². The van der Waals surface area contributed by atoms with Crippen molar-refractivity contribution < 1.29 is 0 Å². The van der Waals surface area contributed by atoms with Crippen LogP contribution in [0.25, 0.3) is 0 Å². The summed E-state index contributed by atoms with van der Waals surface area (Å²) in [5, 5.41) is 6.61. The minimum atomic E-state index is 1.08. The maximum atomic E-state index is 3.37. The van der Waals surface area contributed by atoms with E-state index in [1.807, 2.05) is 0 Å². The Morgan fingerprint density at radius 3 is 2.60 bits per heavy atom. The van der Waals surface area contributed by atoms with Gasteiger partial charge in [-0.15, -0.1) is 0 Å². The normalized spacial score (nSPS) is 24.7. The van der Waals surface area contributed by atoms with Gasteiger partial charge in [0.1, 0.15) is 5.82 Å². The van der Waals surface area contributed by atoms with Crippen LogP contribution in [0.15, 0.2) is 11.4 Å². The summed E-state index contributed by atoms with van der Waals surface area (Å²) in [6.07, 6.45) is 0. The third-order valence-electron chi connectivity index (χ3n) is 2.13. The van der Waals surface area contributed by atoms with Crippen molar-refractivity contribution in [1.29, 1.82) is 0 Å². The summed E-state index contributed by atoms with van der Waals surface area (Å²) in [6, 6.07) is 0. The van der Waals surface area contributed by atoms with Gasteiger partial charge in [0.05, 0.1) is 0 Å². The van der Waals surface area contributed by atoms with Gasteiger partial charge in [0.25, 0.3) is 0 Å². The second-order valence-electron chi connectivity index (χ2n) is 2.90. The second-order valence-corrected chi connectivity index (χ2v) is 2.90. The Morgan fingerprint density at radius 1 is 1.40 bits per heavy atom. The maximum absolute atomic E-state index is 3.37. The molecule has 0 aromatic rings. The number of hydrogen-bond donors (Lipinski definition) is 2. The summed E-state index contributed by atoms with van der Waals surface area (Å²) in [4.78, 5) is 2.29. The van der Waals surface area contributed by atoms with Crippen LogP contribution in [0.3, 0.4) is 0 Å². The lowest BCUT2D eigenvalue weighted by Crippen LogP contribution is -2.38. The van der Waals surface area contributed by atoms with Crippen LogP contribution in [0.1, 0.15) is 0 Å². The van der Waals surface area contributed by atoms with E-state index in [0.29, 0.717) is 0 Å².